The molecule has 1 aliphatic rings. The zero-order valence-electron chi connectivity index (χ0n) is 15.1. The van der Waals surface area contributed by atoms with Crippen molar-refractivity contribution in [1.82, 2.24) is 15.8 Å². The molecule has 25 heavy (non-hydrogen) atoms. The summed E-state index contributed by atoms with van der Waals surface area (Å²) in [6, 6.07) is 9.53. The number of nitrogens with zero attached hydrogens (tertiary/aromatic N) is 1. The first-order valence-corrected chi connectivity index (χ1v) is 8.53. The number of benzene rings is 1. The van der Waals surface area contributed by atoms with Crippen LogP contribution in [-0.2, 0) is 16.1 Å². The van der Waals surface area contributed by atoms with Crippen LogP contribution in [0, 0.1) is 0 Å². The number of rotatable bonds is 4. The van der Waals surface area contributed by atoms with Crippen molar-refractivity contribution in [2.75, 3.05) is 13.1 Å². The van der Waals surface area contributed by atoms with Gasteiger partial charge in [0.2, 0.25) is 0 Å². The normalized spacial score (nSPS) is 17.7. The number of amides is 2. The average molecular weight is 349 g/mol. The Balaban J connectivity index is 1.74. The van der Waals surface area contributed by atoms with Crippen LogP contribution in [0.25, 0.3) is 0 Å². The lowest BCUT2D eigenvalue weighted by atomic mass is 10.1. The summed E-state index contributed by atoms with van der Waals surface area (Å²) in [5.74, 6) is 0. The van der Waals surface area contributed by atoms with Gasteiger partial charge in [0.15, 0.2) is 0 Å². The van der Waals surface area contributed by atoms with Crippen molar-refractivity contribution in [3.63, 3.8) is 0 Å². The molecule has 1 heterocycles. The Morgan fingerprint density at radius 2 is 1.96 bits per heavy atom. The van der Waals surface area contributed by atoms with Crippen molar-refractivity contribution in [3.8, 4) is 0 Å². The van der Waals surface area contributed by atoms with E-state index in [9.17, 15) is 9.59 Å². The SMILES string of the molecule is CC(C)(C)OC(=O)NNC1CCCN(C(=O)OCc2ccccc2)C1. The van der Waals surface area contributed by atoms with Gasteiger partial charge in [-0.25, -0.2) is 15.0 Å². The number of hydrogen-bond acceptors (Lipinski definition) is 5. The molecule has 1 aliphatic heterocycles. The predicted octanol–water partition coefficient (Wildman–Crippen LogP) is 2.82. The highest BCUT2D eigenvalue weighted by Gasteiger charge is 2.25. The van der Waals surface area contributed by atoms with Crippen molar-refractivity contribution >= 4 is 12.2 Å². The van der Waals surface area contributed by atoms with Gasteiger partial charge in [0.25, 0.3) is 0 Å². The molecule has 1 fully saturated rings. The van der Waals surface area contributed by atoms with Crippen molar-refractivity contribution in [3.05, 3.63) is 35.9 Å². The van der Waals surface area contributed by atoms with Crippen LogP contribution in [0.15, 0.2) is 30.3 Å². The predicted molar refractivity (Wildman–Crippen MR) is 93.7 cm³/mol. The smallest absolute Gasteiger partial charge is 0.422 e. The fourth-order valence-electron chi connectivity index (χ4n) is 2.54. The van der Waals surface area contributed by atoms with E-state index in [1.165, 1.54) is 0 Å². The first-order valence-electron chi connectivity index (χ1n) is 8.53. The monoisotopic (exact) mass is 349 g/mol. The molecule has 1 saturated heterocycles. The Morgan fingerprint density at radius 1 is 1.24 bits per heavy atom. The van der Waals surface area contributed by atoms with Crippen LogP contribution >= 0.6 is 0 Å². The van der Waals surface area contributed by atoms with Crippen LogP contribution in [0.2, 0.25) is 0 Å². The summed E-state index contributed by atoms with van der Waals surface area (Å²) >= 11 is 0. The van der Waals surface area contributed by atoms with Gasteiger partial charge in [-0.2, -0.15) is 0 Å². The second kappa shape index (κ2) is 8.71. The minimum absolute atomic E-state index is 0.0365. The molecule has 0 aliphatic carbocycles. The molecule has 1 unspecified atom stereocenters. The van der Waals surface area contributed by atoms with Crippen LogP contribution in [-0.4, -0.2) is 41.8 Å². The number of piperidine rings is 1. The molecule has 0 spiro atoms. The van der Waals surface area contributed by atoms with Crippen molar-refractivity contribution < 1.29 is 19.1 Å². The number of carbonyl (C=O) groups is 2. The van der Waals surface area contributed by atoms with E-state index in [2.05, 4.69) is 10.9 Å². The van der Waals surface area contributed by atoms with Crippen LogP contribution in [0.5, 0.6) is 0 Å². The van der Waals surface area contributed by atoms with Gasteiger partial charge in [-0.15, -0.1) is 0 Å². The molecule has 0 aromatic heterocycles. The van der Waals surface area contributed by atoms with E-state index in [4.69, 9.17) is 9.47 Å². The minimum Gasteiger partial charge on any atom is -0.445 e. The van der Waals surface area contributed by atoms with Crippen LogP contribution in [0.3, 0.4) is 0 Å². The fraction of sp³-hybridized carbons (Fsp3) is 0.556. The summed E-state index contributed by atoms with van der Waals surface area (Å²) in [7, 11) is 0. The molecule has 1 aromatic carbocycles. The Bertz CT molecular complexity index is 571. The minimum atomic E-state index is -0.550. The molecule has 1 aromatic rings. The molecule has 7 nitrogen and oxygen atoms in total. The van der Waals surface area contributed by atoms with E-state index < -0.39 is 11.7 Å². The van der Waals surface area contributed by atoms with E-state index in [1.807, 2.05) is 30.3 Å². The Morgan fingerprint density at radius 3 is 2.64 bits per heavy atom. The van der Waals surface area contributed by atoms with Crippen LogP contribution in [0.1, 0.15) is 39.2 Å². The lowest BCUT2D eigenvalue weighted by Gasteiger charge is -2.32. The highest BCUT2D eigenvalue weighted by Crippen LogP contribution is 2.12. The van der Waals surface area contributed by atoms with Gasteiger partial charge in [0.1, 0.15) is 12.2 Å². The lowest BCUT2D eigenvalue weighted by Crippen LogP contribution is -2.54. The summed E-state index contributed by atoms with van der Waals surface area (Å²) in [6.45, 7) is 6.79. The second-order valence-corrected chi connectivity index (χ2v) is 7.10. The molecule has 1 atom stereocenters. The third-order valence-electron chi connectivity index (χ3n) is 3.66. The summed E-state index contributed by atoms with van der Waals surface area (Å²) in [4.78, 5) is 25.5. The van der Waals surface area contributed by atoms with Gasteiger partial charge in [0, 0.05) is 19.1 Å². The van der Waals surface area contributed by atoms with Gasteiger partial charge < -0.3 is 14.4 Å². The van der Waals surface area contributed by atoms with Crippen molar-refractivity contribution in [1.29, 1.82) is 0 Å². The molecule has 0 bridgehead atoms. The van der Waals surface area contributed by atoms with Crippen molar-refractivity contribution in [2.24, 2.45) is 0 Å². The maximum absolute atomic E-state index is 12.2. The van der Waals surface area contributed by atoms with E-state index in [-0.39, 0.29) is 18.7 Å². The molecule has 0 radical (unpaired) electrons. The number of ether oxygens (including phenoxy) is 2. The van der Waals surface area contributed by atoms with Gasteiger partial charge >= 0.3 is 12.2 Å². The molecule has 7 heteroatoms. The molecule has 2 amide bonds. The van der Waals surface area contributed by atoms with Gasteiger partial charge in [-0.3, -0.25) is 5.43 Å². The number of carbonyl (C=O) groups excluding carboxylic acids is 2. The largest absolute Gasteiger partial charge is 0.445 e. The van der Waals surface area contributed by atoms with E-state index in [1.54, 1.807) is 25.7 Å². The molecule has 138 valence electrons. The second-order valence-electron chi connectivity index (χ2n) is 7.10. The maximum Gasteiger partial charge on any atom is 0.422 e. The highest BCUT2D eigenvalue weighted by molar-refractivity contribution is 5.68. The van der Waals surface area contributed by atoms with Crippen LogP contribution in [0.4, 0.5) is 9.59 Å². The quantitative estimate of drug-likeness (QED) is 0.817. The van der Waals surface area contributed by atoms with Crippen LogP contribution < -0.4 is 10.9 Å². The summed E-state index contributed by atoms with van der Waals surface area (Å²) in [5, 5.41) is 0. The third kappa shape index (κ3) is 7.01. The number of hydrogen-bond donors (Lipinski definition) is 2. The third-order valence-corrected chi connectivity index (χ3v) is 3.66. The van der Waals surface area contributed by atoms with Gasteiger partial charge in [0.05, 0.1) is 0 Å². The van der Waals surface area contributed by atoms with E-state index in [0.717, 1.165) is 18.4 Å². The number of nitrogens with one attached hydrogen (secondary N) is 2. The molecule has 2 rings (SSSR count). The Hall–Kier alpha value is -2.28. The molecular weight excluding hydrogens is 322 g/mol. The highest BCUT2D eigenvalue weighted by atomic mass is 16.6. The first kappa shape index (κ1) is 19.1. The Kier molecular flexibility index (Phi) is 6.64. The first-order chi connectivity index (χ1) is 11.8. The van der Waals surface area contributed by atoms with Gasteiger partial charge in [-0.1, -0.05) is 30.3 Å². The van der Waals surface area contributed by atoms with E-state index >= 15 is 0 Å². The fourth-order valence-corrected chi connectivity index (χ4v) is 2.54. The summed E-state index contributed by atoms with van der Waals surface area (Å²) in [5.41, 5.74) is 5.87. The average Bonchev–Trinajstić information content (AvgIpc) is 2.57. The molecule has 2 N–H and O–H groups in total. The Labute approximate surface area is 148 Å². The molecule has 0 saturated carbocycles. The summed E-state index contributed by atoms with van der Waals surface area (Å²) < 4.78 is 10.5. The maximum atomic E-state index is 12.2. The number of hydrazine groups is 1. The number of likely N-dealkylation sites (tertiary alicyclic amines) is 1. The topological polar surface area (TPSA) is 79.9 Å². The van der Waals surface area contributed by atoms with Crippen molar-refractivity contribution in [2.45, 2.75) is 51.9 Å². The van der Waals surface area contributed by atoms with E-state index in [0.29, 0.717) is 13.1 Å². The molecular formula is C18H27N3O4. The standard InChI is InChI=1S/C18H27N3O4/c1-18(2,3)25-16(22)20-19-15-10-7-11-21(12-15)17(23)24-13-14-8-5-4-6-9-14/h4-6,8-9,15,19H,7,10-13H2,1-3H3,(H,20,22). The zero-order chi connectivity index (χ0) is 18.3. The summed E-state index contributed by atoms with van der Waals surface area (Å²) in [6.07, 6.45) is 0.829. The zero-order valence-corrected chi connectivity index (χ0v) is 15.1. The lowest BCUT2D eigenvalue weighted by molar-refractivity contribution is 0.0466. The van der Waals surface area contributed by atoms with Gasteiger partial charge in [-0.05, 0) is 39.2 Å².